The number of hydrogen-bond donors (Lipinski definition) is 4. The largest absolute Gasteiger partial charge is 0.456 e. The Bertz CT molecular complexity index is 2330. The van der Waals surface area contributed by atoms with Crippen molar-refractivity contribution < 1.29 is 41.8 Å². The zero-order chi connectivity index (χ0) is 42.0. The number of halogens is 2. The number of carbonyl (C=O) groups is 4. The van der Waals surface area contributed by atoms with Gasteiger partial charge in [0.1, 0.15) is 34.6 Å². The first kappa shape index (κ1) is 40.9. The maximum atomic E-state index is 15.8. The highest BCUT2D eigenvalue weighted by Gasteiger charge is 2.39. The van der Waals surface area contributed by atoms with Gasteiger partial charge in [-0.3, -0.25) is 9.59 Å². The van der Waals surface area contributed by atoms with Crippen LogP contribution in [0.25, 0.3) is 44.8 Å². The van der Waals surface area contributed by atoms with Crippen LogP contribution >= 0.6 is 0 Å². The first-order valence-electron chi connectivity index (χ1n) is 19.8. The lowest BCUT2D eigenvalue weighted by atomic mass is 10.0. The summed E-state index contributed by atoms with van der Waals surface area (Å²) in [5, 5.41) is 5.61. The van der Waals surface area contributed by atoms with Crippen molar-refractivity contribution in [2.24, 2.45) is 11.8 Å². The number of carbonyl (C=O) groups excluding carboxylic acids is 4. The van der Waals surface area contributed by atoms with Gasteiger partial charge in [-0.15, -0.1) is 0 Å². The highest BCUT2D eigenvalue weighted by molar-refractivity contribution is 5.88. The van der Waals surface area contributed by atoms with Crippen LogP contribution in [0.1, 0.15) is 76.6 Å². The standard InChI is InChI=1S/C42H48F2N8O7/c1-6-23(19-48-42(56)57-5)39(53)51-13-7-9-31(51)37-47-21-30(50-37)25-16-27(43)35(28(44)17-25)34-18-26-15-24(11-12-33(26)58-34)29-20-46-38(49-29)32-10-8-14-52(32)40(54)36(22(2)3)59-41(55)45-4/h11-12,15-18,20-23,31-32,36H,6-10,13-14,19H2,1-5H3,(H,45,55)(H,46,49)(H,47,50)(H,48,56)/t23-,31-,32-,36-/m0/s1. The van der Waals surface area contributed by atoms with Crippen molar-refractivity contribution in [2.45, 2.75) is 71.1 Å². The summed E-state index contributed by atoms with van der Waals surface area (Å²) in [4.78, 5) is 69.6. The maximum absolute atomic E-state index is 15.8. The first-order chi connectivity index (χ1) is 28.4. The topological polar surface area (TPSA) is 188 Å². The number of benzene rings is 2. The predicted molar refractivity (Wildman–Crippen MR) is 212 cm³/mol. The molecule has 7 rings (SSSR count). The van der Waals surface area contributed by atoms with Gasteiger partial charge in [0.15, 0.2) is 6.10 Å². The van der Waals surface area contributed by atoms with Crippen molar-refractivity contribution in [3.05, 3.63) is 72.1 Å². The van der Waals surface area contributed by atoms with E-state index in [1.807, 2.05) is 32.9 Å². The molecule has 5 heterocycles. The van der Waals surface area contributed by atoms with Crippen molar-refractivity contribution >= 4 is 35.0 Å². The fourth-order valence-corrected chi connectivity index (χ4v) is 7.96. The number of aromatic amines is 2. The van der Waals surface area contributed by atoms with Gasteiger partial charge in [0.2, 0.25) is 5.91 Å². The van der Waals surface area contributed by atoms with E-state index in [2.05, 4.69) is 35.3 Å². The summed E-state index contributed by atoms with van der Waals surface area (Å²) in [6.07, 6.45) is 4.33. The van der Waals surface area contributed by atoms with Gasteiger partial charge in [0.05, 0.1) is 54.5 Å². The monoisotopic (exact) mass is 814 g/mol. The number of fused-ring (bicyclic) bond motifs is 1. The Labute approximate surface area is 339 Å². The van der Waals surface area contributed by atoms with Crippen molar-refractivity contribution in [3.8, 4) is 33.8 Å². The Hall–Kier alpha value is -6.26. The number of likely N-dealkylation sites (tertiary alicyclic amines) is 2. The minimum atomic E-state index is -0.942. The number of alkyl carbamates (subject to hydrolysis) is 2. The van der Waals surface area contributed by atoms with Crippen LogP contribution in [-0.4, -0.2) is 93.6 Å². The third kappa shape index (κ3) is 8.36. The van der Waals surface area contributed by atoms with E-state index in [1.54, 1.807) is 28.1 Å². The molecule has 0 bridgehead atoms. The molecular weight excluding hydrogens is 767 g/mol. The van der Waals surface area contributed by atoms with Crippen molar-refractivity contribution in [3.63, 3.8) is 0 Å². The predicted octanol–water partition coefficient (Wildman–Crippen LogP) is 7.25. The lowest BCUT2D eigenvalue weighted by Gasteiger charge is -2.29. The van der Waals surface area contributed by atoms with E-state index in [0.717, 1.165) is 18.4 Å². The lowest BCUT2D eigenvalue weighted by molar-refractivity contribution is -0.143. The van der Waals surface area contributed by atoms with E-state index in [9.17, 15) is 19.2 Å². The highest BCUT2D eigenvalue weighted by atomic mass is 19.1. The van der Waals surface area contributed by atoms with Crippen LogP contribution in [0.4, 0.5) is 18.4 Å². The first-order valence-corrected chi connectivity index (χ1v) is 19.8. The fraction of sp³-hybridized carbons (Fsp3) is 0.429. The van der Waals surface area contributed by atoms with Crippen molar-refractivity contribution in [1.29, 1.82) is 0 Å². The zero-order valence-corrected chi connectivity index (χ0v) is 33.6. The van der Waals surface area contributed by atoms with Crippen LogP contribution in [-0.2, 0) is 19.1 Å². The quantitative estimate of drug-likeness (QED) is 0.101. The summed E-state index contributed by atoms with van der Waals surface area (Å²) in [5.41, 5.74) is 2.16. The van der Waals surface area contributed by atoms with E-state index in [-0.39, 0.29) is 53.2 Å². The van der Waals surface area contributed by atoms with Crippen LogP contribution in [0.2, 0.25) is 0 Å². The van der Waals surface area contributed by atoms with E-state index in [4.69, 9.17) is 9.15 Å². The average molecular weight is 815 g/mol. The number of amides is 4. The zero-order valence-electron chi connectivity index (χ0n) is 33.6. The van der Waals surface area contributed by atoms with E-state index >= 15 is 8.78 Å². The summed E-state index contributed by atoms with van der Waals surface area (Å²) in [6.45, 7) is 6.68. The van der Waals surface area contributed by atoms with E-state index < -0.39 is 35.8 Å². The molecule has 3 aromatic heterocycles. The summed E-state index contributed by atoms with van der Waals surface area (Å²) in [7, 11) is 2.71. The van der Waals surface area contributed by atoms with Crippen LogP contribution < -0.4 is 10.6 Å². The van der Waals surface area contributed by atoms with Gasteiger partial charge >= 0.3 is 12.2 Å². The number of ether oxygens (including phenoxy) is 2. The molecular formula is C42H48F2N8O7. The Morgan fingerprint density at radius 3 is 2.07 bits per heavy atom. The molecule has 2 fully saturated rings. The molecule has 0 spiro atoms. The number of aromatic nitrogens is 4. The Balaban J connectivity index is 1.07. The number of hydrogen-bond acceptors (Lipinski definition) is 9. The van der Waals surface area contributed by atoms with Gasteiger partial charge in [-0.2, -0.15) is 0 Å². The molecule has 2 aromatic carbocycles. The Kier molecular flexibility index (Phi) is 12.0. The molecule has 0 aliphatic carbocycles. The molecule has 0 unspecified atom stereocenters. The molecule has 4 atom stereocenters. The average Bonchev–Trinajstić information content (AvgIpc) is 4.07. The van der Waals surface area contributed by atoms with E-state index in [0.29, 0.717) is 66.4 Å². The molecule has 2 aliphatic rings. The number of H-pyrrole nitrogens is 2. The number of rotatable bonds is 12. The minimum Gasteiger partial charge on any atom is -0.456 e. The van der Waals surface area contributed by atoms with Gasteiger partial charge in [0, 0.05) is 43.2 Å². The summed E-state index contributed by atoms with van der Waals surface area (Å²) >= 11 is 0. The third-order valence-corrected chi connectivity index (χ3v) is 11.1. The second-order valence-electron chi connectivity index (χ2n) is 15.2. The molecule has 17 heteroatoms. The maximum Gasteiger partial charge on any atom is 0.407 e. The van der Waals surface area contributed by atoms with Gasteiger partial charge in [-0.1, -0.05) is 20.8 Å². The molecule has 0 radical (unpaired) electrons. The second kappa shape index (κ2) is 17.3. The normalized spacial score (nSPS) is 17.7. The molecule has 5 aromatic rings. The molecule has 2 aliphatic heterocycles. The molecule has 4 amide bonds. The molecule has 312 valence electrons. The number of nitrogens with zero attached hydrogens (tertiary/aromatic N) is 4. The summed E-state index contributed by atoms with van der Waals surface area (Å²) in [6, 6.07) is 8.68. The van der Waals surface area contributed by atoms with Gasteiger partial charge in [0.25, 0.3) is 5.91 Å². The summed E-state index contributed by atoms with van der Waals surface area (Å²) < 4.78 is 47.7. The molecule has 0 saturated carbocycles. The van der Waals surface area contributed by atoms with Gasteiger partial charge in [-0.25, -0.2) is 28.3 Å². The van der Waals surface area contributed by atoms with Crippen LogP contribution in [0.15, 0.2) is 53.2 Å². The Morgan fingerprint density at radius 1 is 0.881 bits per heavy atom. The molecule has 59 heavy (non-hydrogen) atoms. The number of nitrogens with one attached hydrogen (secondary N) is 4. The van der Waals surface area contributed by atoms with Crippen LogP contribution in [0, 0.1) is 23.5 Å². The number of methoxy groups -OCH3 is 1. The fourth-order valence-electron chi connectivity index (χ4n) is 7.96. The lowest BCUT2D eigenvalue weighted by Crippen LogP contribution is -2.45. The Morgan fingerprint density at radius 2 is 1.49 bits per heavy atom. The summed E-state index contributed by atoms with van der Waals surface area (Å²) in [5.74, 6) is -1.62. The van der Waals surface area contributed by atoms with Gasteiger partial charge in [-0.05, 0) is 74.4 Å². The number of furan rings is 1. The molecule has 15 nitrogen and oxygen atoms in total. The van der Waals surface area contributed by atoms with Crippen LogP contribution in [0.3, 0.4) is 0 Å². The molecule has 4 N–H and O–H groups in total. The minimum absolute atomic E-state index is 0.0142. The van der Waals surface area contributed by atoms with Crippen molar-refractivity contribution in [1.82, 2.24) is 40.4 Å². The second-order valence-corrected chi connectivity index (χ2v) is 15.2. The van der Waals surface area contributed by atoms with Gasteiger partial charge < -0.3 is 44.3 Å². The number of imidazole rings is 2. The van der Waals surface area contributed by atoms with E-state index in [1.165, 1.54) is 32.5 Å². The van der Waals surface area contributed by atoms with Crippen molar-refractivity contribution in [2.75, 3.05) is 33.8 Å². The molecule has 2 saturated heterocycles. The smallest absolute Gasteiger partial charge is 0.407 e. The van der Waals surface area contributed by atoms with Crippen LogP contribution in [0.5, 0.6) is 0 Å². The SMILES string of the molecule is CC[C@@H](CNC(=O)OC)C(=O)N1CCC[C@H]1c1ncc(-c2cc(F)c(-c3cc4cc(-c5cnc([C@@H]6CCCN6C(=O)[C@@H](OC(=O)NC)C(C)C)[nH]5)ccc4o3)c(F)c2)[nH]1. The highest BCUT2D eigenvalue weighted by Crippen LogP contribution is 2.38. The third-order valence-electron chi connectivity index (χ3n) is 11.1.